The molecular formula is C15H12ClFN2O3. The van der Waals surface area contributed by atoms with Crippen LogP contribution in [0.25, 0.3) is 11.3 Å². The molecule has 0 atom stereocenters. The number of pyridine rings is 1. The number of methoxy groups -OCH3 is 1. The topological polar surface area (TPSA) is 74.4 Å². The van der Waals surface area contributed by atoms with E-state index in [2.05, 4.69) is 9.72 Å². The first kappa shape index (κ1) is 14.7. The van der Waals surface area contributed by atoms with Crippen LogP contribution in [0.15, 0.2) is 18.2 Å². The van der Waals surface area contributed by atoms with Crippen molar-refractivity contribution in [2.45, 2.75) is 13.2 Å². The molecule has 0 aliphatic carbocycles. The second-order valence-electron chi connectivity index (χ2n) is 4.82. The Morgan fingerprint density at radius 1 is 1.41 bits per heavy atom. The Morgan fingerprint density at radius 3 is 2.86 bits per heavy atom. The minimum absolute atomic E-state index is 0.0444. The van der Waals surface area contributed by atoms with Gasteiger partial charge in [-0.2, -0.15) is 0 Å². The molecule has 7 heteroatoms. The number of hydrogen-bond acceptors (Lipinski definition) is 5. The summed E-state index contributed by atoms with van der Waals surface area (Å²) in [4.78, 5) is 15.7. The number of benzene rings is 1. The number of carbonyl (C=O) groups is 1. The highest BCUT2D eigenvalue weighted by molar-refractivity contribution is 6.35. The zero-order valence-electron chi connectivity index (χ0n) is 11.7. The molecule has 0 spiro atoms. The zero-order valence-corrected chi connectivity index (χ0v) is 12.4. The van der Waals surface area contributed by atoms with E-state index in [9.17, 15) is 9.18 Å². The summed E-state index contributed by atoms with van der Waals surface area (Å²) in [5, 5.41) is -0.252. The van der Waals surface area contributed by atoms with Crippen molar-refractivity contribution in [3.63, 3.8) is 0 Å². The monoisotopic (exact) mass is 322 g/mol. The van der Waals surface area contributed by atoms with Crippen LogP contribution in [0.3, 0.4) is 0 Å². The van der Waals surface area contributed by atoms with Crippen molar-refractivity contribution in [2.75, 3.05) is 12.8 Å². The molecule has 0 fully saturated rings. The van der Waals surface area contributed by atoms with Gasteiger partial charge >= 0.3 is 5.97 Å². The van der Waals surface area contributed by atoms with E-state index in [0.29, 0.717) is 18.8 Å². The molecule has 1 aliphatic rings. The summed E-state index contributed by atoms with van der Waals surface area (Å²) in [6.07, 6.45) is 0. The summed E-state index contributed by atoms with van der Waals surface area (Å²) in [5.74, 6) is -1.54. The third-order valence-electron chi connectivity index (χ3n) is 3.49. The fourth-order valence-corrected chi connectivity index (χ4v) is 2.51. The number of fused-ring (bicyclic) bond motifs is 1. The Hall–Kier alpha value is -2.18. The second kappa shape index (κ2) is 5.55. The first-order valence-electron chi connectivity index (χ1n) is 6.45. The van der Waals surface area contributed by atoms with Gasteiger partial charge in [0.15, 0.2) is 11.5 Å². The van der Waals surface area contributed by atoms with Gasteiger partial charge in [0.25, 0.3) is 0 Å². The Bertz CT molecular complexity index is 780. The van der Waals surface area contributed by atoms with Crippen LogP contribution in [-0.2, 0) is 22.7 Å². The summed E-state index contributed by atoms with van der Waals surface area (Å²) in [5.41, 5.74) is 7.55. The van der Waals surface area contributed by atoms with E-state index in [4.69, 9.17) is 22.1 Å². The van der Waals surface area contributed by atoms with E-state index in [1.165, 1.54) is 7.11 Å². The lowest BCUT2D eigenvalue weighted by Crippen LogP contribution is -2.10. The minimum atomic E-state index is -0.776. The molecule has 0 bridgehead atoms. The summed E-state index contributed by atoms with van der Waals surface area (Å²) in [6, 6.07) is 5.30. The van der Waals surface area contributed by atoms with E-state index in [0.717, 1.165) is 11.1 Å². The van der Waals surface area contributed by atoms with Gasteiger partial charge in [0.1, 0.15) is 5.69 Å². The van der Waals surface area contributed by atoms with Gasteiger partial charge in [-0.1, -0.05) is 23.7 Å². The van der Waals surface area contributed by atoms with Crippen molar-refractivity contribution in [3.05, 3.63) is 45.9 Å². The second-order valence-corrected chi connectivity index (χ2v) is 5.20. The number of anilines is 1. The number of nitrogens with two attached hydrogens (primary N) is 1. The van der Waals surface area contributed by atoms with E-state index < -0.39 is 11.8 Å². The van der Waals surface area contributed by atoms with Crippen molar-refractivity contribution in [1.82, 2.24) is 4.98 Å². The van der Waals surface area contributed by atoms with Crippen LogP contribution in [0, 0.1) is 5.82 Å². The number of ether oxygens (including phenoxy) is 2. The molecule has 1 aromatic carbocycles. The molecule has 0 radical (unpaired) electrons. The van der Waals surface area contributed by atoms with Gasteiger partial charge in [0.05, 0.1) is 31.0 Å². The average molecular weight is 323 g/mol. The third kappa shape index (κ3) is 2.30. The van der Waals surface area contributed by atoms with E-state index in [1.54, 1.807) is 12.1 Å². The lowest BCUT2D eigenvalue weighted by atomic mass is 10.0. The number of nitrogen functional groups attached to an aromatic ring is 1. The maximum Gasteiger partial charge on any atom is 0.358 e. The Morgan fingerprint density at radius 2 is 2.14 bits per heavy atom. The van der Waals surface area contributed by atoms with E-state index in [-0.39, 0.29) is 22.1 Å². The van der Waals surface area contributed by atoms with Gasteiger partial charge < -0.3 is 15.2 Å². The lowest BCUT2D eigenvalue weighted by molar-refractivity contribution is 0.0594. The minimum Gasteiger partial charge on any atom is -0.464 e. The van der Waals surface area contributed by atoms with Crippen molar-refractivity contribution < 1.29 is 18.7 Å². The molecule has 114 valence electrons. The molecule has 0 amide bonds. The van der Waals surface area contributed by atoms with E-state index in [1.807, 2.05) is 6.07 Å². The molecule has 2 N–H and O–H groups in total. The Kier molecular flexibility index (Phi) is 3.72. The van der Waals surface area contributed by atoms with Crippen LogP contribution in [0.2, 0.25) is 5.02 Å². The van der Waals surface area contributed by atoms with Gasteiger partial charge in [-0.05, 0) is 17.2 Å². The van der Waals surface area contributed by atoms with Crippen molar-refractivity contribution >= 4 is 23.3 Å². The highest BCUT2D eigenvalue weighted by atomic mass is 35.5. The Balaban J connectivity index is 2.18. The molecule has 5 nitrogen and oxygen atoms in total. The molecular weight excluding hydrogens is 311 g/mol. The van der Waals surface area contributed by atoms with Crippen molar-refractivity contribution in [2.24, 2.45) is 0 Å². The highest BCUT2D eigenvalue weighted by Gasteiger charge is 2.23. The number of halogens is 2. The molecule has 2 aromatic rings. The summed E-state index contributed by atoms with van der Waals surface area (Å²) in [7, 11) is 1.19. The number of esters is 1. The summed E-state index contributed by atoms with van der Waals surface area (Å²) >= 11 is 5.88. The number of nitrogens with zero attached hydrogens (tertiary/aromatic N) is 1. The van der Waals surface area contributed by atoms with Crippen LogP contribution in [-0.4, -0.2) is 18.1 Å². The van der Waals surface area contributed by atoms with E-state index >= 15 is 0 Å². The van der Waals surface area contributed by atoms with Crippen LogP contribution in [0.5, 0.6) is 0 Å². The smallest absolute Gasteiger partial charge is 0.358 e. The van der Waals surface area contributed by atoms with Gasteiger partial charge in [0.2, 0.25) is 0 Å². The number of hydrogen-bond donors (Lipinski definition) is 1. The van der Waals surface area contributed by atoms with Crippen molar-refractivity contribution in [3.8, 4) is 11.3 Å². The molecule has 3 rings (SSSR count). The van der Waals surface area contributed by atoms with Crippen LogP contribution >= 0.6 is 11.6 Å². The van der Waals surface area contributed by atoms with Crippen LogP contribution < -0.4 is 5.73 Å². The average Bonchev–Trinajstić information content (AvgIpc) is 2.99. The fourth-order valence-electron chi connectivity index (χ4n) is 2.30. The van der Waals surface area contributed by atoms with Gasteiger partial charge in [0, 0.05) is 5.56 Å². The molecule has 0 saturated heterocycles. The number of rotatable bonds is 2. The summed E-state index contributed by atoms with van der Waals surface area (Å²) in [6.45, 7) is 0.986. The molecule has 1 aromatic heterocycles. The maximum absolute atomic E-state index is 14.4. The standard InChI is InChI=1S/C15H12ClFN2O3/c1-21-15(20)14-10(16)12(18)11(17)13(19-14)7-2-3-8-5-22-6-9(8)4-7/h2-4H,5-6H2,1H3,(H2,18,19). The summed E-state index contributed by atoms with van der Waals surface area (Å²) < 4.78 is 24.3. The maximum atomic E-state index is 14.4. The first-order chi connectivity index (χ1) is 10.5. The van der Waals surface area contributed by atoms with Gasteiger partial charge in [-0.15, -0.1) is 0 Å². The number of aromatic nitrogens is 1. The molecule has 2 heterocycles. The molecule has 0 saturated carbocycles. The zero-order chi connectivity index (χ0) is 15.9. The fraction of sp³-hybridized carbons (Fsp3) is 0.200. The highest BCUT2D eigenvalue weighted by Crippen LogP contribution is 2.34. The molecule has 22 heavy (non-hydrogen) atoms. The molecule has 1 aliphatic heterocycles. The quantitative estimate of drug-likeness (QED) is 0.860. The Labute approximate surface area is 130 Å². The van der Waals surface area contributed by atoms with Gasteiger partial charge in [-0.3, -0.25) is 0 Å². The van der Waals surface area contributed by atoms with Crippen LogP contribution in [0.4, 0.5) is 10.1 Å². The SMILES string of the molecule is COC(=O)c1nc(-c2ccc3c(c2)COC3)c(F)c(N)c1Cl. The van der Waals surface area contributed by atoms with Crippen LogP contribution in [0.1, 0.15) is 21.6 Å². The lowest BCUT2D eigenvalue weighted by Gasteiger charge is -2.11. The van der Waals surface area contributed by atoms with Gasteiger partial charge in [-0.25, -0.2) is 14.2 Å². The predicted molar refractivity (Wildman–Crippen MR) is 78.9 cm³/mol. The number of carbonyl (C=O) groups excluding carboxylic acids is 1. The first-order valence-corrected chi connectivity index (χ1v) is 6.83. The largest absolute Gasteiger partial charge is 0.464 e. The predicted octanol–water partition coefficient (Wildman–Crippen LogP) is 2.94. The normalized spacial score (nSPS) is 13.0. The van der Waals surface area contributed by atoms with Crippen molar-refractivity contribution in [1.29, 1.82) is 0 Å². The molecule has 0 unspecified atom stereocenters. The third-order valence-corrected chi connectivity index (χ3v) is 3.87.